The molecule has 21 heavy (non-hydrogen) atoms. The Morgan fingerprint density at radius 3 is 2.95 bits per heavy atom. The van der Waals surface area contributed by atoms with Gasteiger partial charge in [0, 0.05) is 37.3 Å². The molecule has 0 saturated heterocycles. The highest BCUT2D eigenvalue weighted by atomic mass is 32.1. The van der Waals surface area contributed by atoms with Crippen LogP contribution in [0, 0.1) is 6.92 Å². The Morgan fingerprint density at radius 1 is 1.43 bits per heavy atom. The second-order valence-corrected chi connectivity index (χ2v) is 6.35. The smallest absolute Gasteiger partial charge is 0.149 e. The van der Waals surface area contributed by atoms with Crippen LogP contribution in [0.15, 0.2) is 17.6 Å². The number of hydrogen-bond donors (Lipinski definition) is 2. The van der Waals surface area contributed by atoms with E-state index in [1.165, 1.54) is 11.5 Å². The van der Waals surface area contributed by atoms with E-state index in [9.17, 15) is 0 Å². The number of thiazole rings is 1. The third-order valence-corrected chi connectivity index (χ3v) is 4.78. The van der Waals surface area contributed by atoms with E-state index in [1.807, 2.05) is 36.3 Å². The lowest BCUT2D eigenvalue weighted by Gasteiger charge is -2.04. The average molecular weight is 320 g/mol. The molecule has 0 aliphatic carbocycles. The second-order valence-electron chi connectivity index (χ2n) is 4.72. The lowest BCUT2D eigenvalue weighted by Crippen LogP contribution is -2.05. The zero-order chi connectivity index (χ0) is 14.8. The van der Waals surface area contributed by atoms with Crippen LogP contribution in [0.25, 0.3) is 10.6 Å². The Bertz CT molecular complexity index is 742. The summed E-state index contributed by atoms with van der Waals surface area (Å²) in [6.07, 6.45) is 2.80. The van der Waals surface area contributed by atoms with Crippen molar-refractivity contribution in [2.75, 3.05) is 17.6 Å². The van der Waals surface area contributed by atoms with Gasteiger partial charge in [0.2, 0.25) is 0 Å². The van der Waals surface area contributed by atoms with Crippen molar-refractivity contribution in [2.24, 2.45) is 7.05 Å². The number of nitrogens with two attached hydrogens (primary N) is 1. The molecule has 110 valence electrons. The molecular formula is C13H16N6S2. The molecule has 3 aromatic rings. The first-order chi connectivity index (χ1) is 10.1. The van der Waals surface area contributed by atoms with Gasteiger partial charge in [-0.1, -0.05) is 0 Å². The predicted molar refractivity (Wildman–Crippen MR) is 87.8 cm³/mol. The molecular weight excluding hydrogens is 304 g/mol. The van der Waals surface area contributed by atoms with E-state index in [0.717, 1.165) is 39.9 Å². The molecule has 0 aliphatic heterocycles. The van der Waals surface area contributed by atoms with E-state index in [1.54, 1.807) is 11.3 Å². The first-order valence-electron chi connectivity index (χ1n) is 6.53. The van der Waals surface area contributed by atoms with Gasteiger partial charge >= 0.3 is 0 Å². The summed E-state index contributed by atoms with van der Waals surface area (Å²) in [6.45, 7) is 2.76. The van der Waals surface area contributed by atoms with E-state index in [0.29, 0.717) is 5.82 Å². The Hall–Kier alpha value is -1.93. The van der Waals surface area contributed by atoms with Gasteiger partial charge in [-0.15, -0.1) is 11.3 Å². The van der Waals surface area contributed by atoms with Gasteiger partial charge in [0.15, 0.2) is 0 Å². The molecule has 0 bridgehead atoms. The lowest BCUT2D eigenvalue weighted by molar-refractivity contribution is 0.742. The van der Waals surface area contributed by atoms with Crippen molar-refractivity contribution in [3.8, 4) is 10.6 Å². The average Bonchev–Trinajstić information content (AvgIpc) is 3.12. The van der Waals surface area contributed by atoms with Crippen LogP contribution in [0.1, 0.15) is 11.4 Å². The molecule has 0 fully saturated rings. The fourth-order valence-corrected chi connectivity index (χ4v) is 3.66. The molecule has 3 rings (SSSR count). The molecule has 0 amide bonds. The van der Waals surface area contributed by atoms with Crippen LogP contribution < -0.4 is 11.1 Å². The minimum Gasteiger partial charge on any atom is -0.382 e. The molecule has 3 N–H and O–H groups in total. The van der Waals surface area contributed by atoms with Crippen LogP contribution in [-0.4, -0.2) is 25.7 Å². The molecule has 3 aromatic heterocycles. The number of aromatic nitrogens is 4. The Balaban J connectivity index is 1.71. The molecule has 3 heterocycles. The third kappa shape index (κ3) is 3.06. The highest BCUT2D eigenvalue weighted by Gasteiger charge is 2.16. The van der Waals surface area contributed by atoms with Crippen molar-refractivity contribution in [1.82, 2.24) is 19.1 Å². The van der Waals surface area contributed by atoms with Gasteiger partial charge in [0.1, 0.15) is 15.8 Å². The highest BCUT2D eigenvalue weighted by molar-refractivity contribution is 7.15. The number of hydrogen-bond acceptors (Lipinski definition) is 7. The topological polar surface area (TPSA) is 81.6 Å². The van der Waals surface area contributed by atoms with Gasteiger partial charge in [-0.2, -0.15) is 9.47 Å². The summed E-state index contributed by atoms with van der Waals surface area (Å²) in [5, 5.41) is 11.7. The maximum absolute atomic E-state index is 5.98. The first kappa shape index (κ1) is 14.0. The minimum atomic E-state index is 0.537. The molecule has 0 unspecified atom stereocenters. The molecule has 0 saturated carbocycles. The van der Waals surface area contributed by atoms with Crippen molar-refractivity contribution in [3.05, 3.63) is 29.0 Å². The Kier molecular flexibility index (Phi) is 3.89. The van der Waals surface area contributed by atoms with Crippen LogP contribution in [-0.2, 0) is 13.5 Å². The van der Waals surface area contributed by atoms with E-state index in [-0.39, 0.29) is 0 Å². The van der Waals surface area contributed by atoms with Crippen LogP contribution in [0.5, 0.6) is 0 Å². The largest absolute Gasteiger partial charge is 0.382 e. The van der Waals surface area contributed by atoms with Gasteiger partial charge < -0.3 is 11.1 Å². The minimum absolute atomic E-state index is 0.537. The fraction of sp³-hybridized carbons (Fsp3) is 0.308. The summed E-state index contributed by atoms with van der Waals surface area (Å²) >= 11 is 2.96. The Labute approximate surface area is 130 Å². The zero-order valence-corrected chi connectivity index (χ0v) is 13.5. The van der Waals surface area contributed by atoms with Crippen LogP contribution >= 0.6 is 22.9 Å². The third-order valence-electron chi connectivity index (χ3n) is 2.99. The molecule has 8 heteroatoms. The monoisotopic (exact) mass is 320 g/mol. The molecule has 0 radical (unpaired) electrons. The SMILES string of the molecule is Cc1csc(-c2c(N)nsc2NCCc2ccn(C)n2)n1. The quantitative estimate of drug-likeness (QED) is 0.755. The van der Waals surface area contributed by atoms with Gasteiger partial charge in [-0.25, -0.2) is 4.98 Å². The standard InChI is InChI=1S/C13H16N6S2/c1-8-7-20-13(16-8)10-11(14)18-21-12(10)15-5-3-9-4-6-19(2)17-9/h4,6-7,15H,3,5H2,1-2H3,(H2,14,18). The number of nitrogens with one attached hydrogen (secondary N) is 1. The van der Waals surface area contributed by atoms with Crippen molar-refractivity contribution in [1.29, 1.82) is 0 Å². The van der Waals surface area contributed by atoms with Crippen molar-refractivity contribution < 1.29 is 0 Å². The summed E-state index contributed by atoms with van der Waals surface area (Å²) in [6, 6.07) is 2.02. The number of rotatable bonds is 5. The number of nitrogen functional groups attached to an aromatic ring is 1. The van der Waals surface area contributed by atoms with E-state index in [4.69, 9.17) is 5.73 Å². The number of aryl methyl sites for hydroxylation is 2. The molecule has 0 atom stereocenters. The van der Waals surface area contributed by atoms with Crippen molar-refractivity contribution in [3.63, 3.8) is 0 Å². The summed E-state index contributed by atoms with van der Waals surface area (Å²) < 4.78 is 6.05. The maximum atomic E-state index is 5.98. The number of anilines is 2. The van der Waals surface area contributed by atoms with Crippen LogP contribution in [0.3, 0.4) is 0 Å². The van der Waals surface area contributed by atoms with E-state index in [2.05, 4.69) is 19.8 Å². The van der Waals surface area contributed by atoms with E-state index < -0.39 is 0 Å². The van der Waals surface area contributed by atoms with Crippen LogP contribution in [0.4, 0.5) is 10.8 Å². The molecule has 0 aliphatic rings. The summed E-state index contributed by atoms with van der Waals surface area (Å²) in [4.78, 5) is 4.49. The van der Waals surface area contributed by atoms with Crippen molar-refractivity contribution >= 4 is 33.7 Å². The highest BCUT2D eigenvalue weighted by Crippen LogP contribution is 2.38. The van der Waals surface area contributed by atoms with Crippen LogP contribution in [0.2, 0.25) is 0 Å². The summed E-state index contributed by atoms with van der Waals surface area (Å²) in [7, 11) is 1.92. The molecule has 0 spiro atoms. The Morgan fingerprint density at radius 2 is 2.29 bits per heavy atom. The molecule has 6 nitrogen and oxygen atoms in total. The maximum Gasteiger partial charge on any atom is 0.149 e. The van der Waals surface area contributed by atoms with Gasteiger partial charge in [-0.3, -0.25) is 4.68 Å². The summed E-state index contributed by atoms with van der Waals surface area (Å²) in [5.74, 6) is 0.537. The second kappa shape index (κ2) is 5.82. The van der Waals surface area contributed by atoms with Gasteiger partial charge in [0.05, 0.1) is 11.3 Å². The van der Waals surface area contributed by atoms with Gasteiger partial charge in [0.25, 0.3) is 0 Å². The zero-order valence-electron chi connectivity index (χ0n) is 11.8. The number of nitrogens with zero attached hydrogens (tertiary/aromatic N) is 4. The summed E-state index contributed by atoms with van der Waals surface area (Å²) in [5.41, 5.74) is 8.96. The van der Waals surface area contributed by atoms with E-state index >= 15 is 0 Å². The normalized spacial score (nSPS) is 11.0. The lowest BCUT2D eigenvalue weighted by atomic mass is 10.3. The van der Waals surface area contributed by atoms with Crippen molar-refractivity contribution in [2.45, 2.75) is 13.3 Å². The fourth-order valence-electron chi connectivity index (χ4n) is 2.00. The van der Waals surface area contributed by atoms with Gasteiger partial charge in [-0.05, 0) is 24.5 Å². The first-order valence-corrected chi connectivity index (χ1v) is 8.19. The molecule has 0 aromatic carbocycles. The predicted octanol–water partition coefficient (Wildman–Crippen LogP) is 2.55.